The minimum atomic E-state index is -0.899. The van der Waals surface area contributed by atoms with Crippen LogP contribution in [-0.2, 0) is 14.9 Å². The van der Waals surface area contributed by atoms with Crippen LogP contribution >= 0.6 is 0 Å². The van der Waals surface area contributed by atoms with Gasteiger partial charge in [0, 0.05) is 7.11 Å². The lowest BCUT2D eigenvalue weighted by Crippen LogP contribution is -2.28. The molecule has 0 saturated carbocycles. The number of methoxy groups -OCH3 is 1. The van der Waals surface area contributed by atoms with Crippen LogP contribution < -0.4 is 4.74 Å². The van der Waals surface area contributed by atoms with Crippen LogP contribution in [0.3, 0.4) is 0 Å². The lowest BCUT2D eigenvalue weighted by Gasteiger charge is -2.20. The summed E-state index contributed by atoms with van der Waals surface area (Å²) in [5.41, 5.74) is 1.93. The molecule has 0 amide bonds. The lowest BCUT2D eigenvalue weighted by molar-refractivity contribution is -0.142. The molecule has 0 bridgehead atoms. The van der Waals surface area contributed by atoms with E-state index >= 15 is 0 Å². The maximum absolute atomic E-state index is 11.3. The summed E-state index contributed by atoms with van der Waals surface area (Å²) in [7, 11) is 1.64. The summed E-state index contributed by atoms with van der Waals surface area (Å²) in [5, 5.41) is 9.29. The van der Waals surface area contributed by atoms with Gasteiger partial charge in [-0.25, -0.2) is 0 Å². The Hall–Kier alpha value is -2.33. The summed E-state index contributed by atoms with van der Waals surface area (Å²) >= 11 is 0. The van der Waals surface area contributed by atoms with E-state index in [9.17, 15) is 9.90 Å². The zero-order valence-corrected chi connectivity index (χ0v) is 13.7. The number of rotatable bonds is 7. The van der Waals surface area contributed by atoms with Gasteiger partial charge in [-0.05, 0) is 42.7 Å². The largest absolute Gasteiger partial charge is 0.491 e. The van der Waals surface area contributed by atoms with E-state index in [1.165, 1.54) is 0 Å². The molecule has 1 N–H and O–H groups in total. The van der Waals surface area contributed by atoms with Gasteiger partial charge in [0.15, 0.2) is 0 Å². The fourth-order valence-corrected chi connectivity index (χ4v) is 2.21. The van der Waals surface area contributed by atoms with Gasteiger partial charge in [-0.2, -0.15) is 0 Å². The molecule has 4 heteroatoms. The van der Waals surface area contributed by atoms with Gasteiger partial charge in [-0.1, -0.05) is 36.4 Å². The third-order valence-electron chi connectivity index (χ3n) is 3.86. The van der Waals surface area contributed by atoms with E-state index in [-0.39, 0.29) is 0 Å². The minimum Gasteiger partial charge on any atom is -0.491 e. The summed E-state index contributed by atoms with van der Waals surface area (Å²) in [6.45, 7) is 4.46. The van der Waals surface area contributed by atoms with Crippen LogP contribution in [0.4, 0.5) is 0 Å². The van der Waals surface area contributed by atoms with Crippen LogP contribution in [0.25, 0.3) is 11.1 Å². The highest BCUT2D eigenvalue weighted by Crippen LogP contribution is 2.28. The van der Waals surface area contributed by atoms with Crippen molar-refractivity contribution < 1.29 is 19.4 Å². The Morgan fingerprint density at radius 2 is 1.74 bits per heavy atom. The van der Waals surface area contributed by atoms with Gasteiger partial charge in [0.25, 0.3) is 0 Å². The van der Waals surface area contributed by atoms with Gasteiger partial charge in [0.2, 0.25) is 0 Å². The molecule has 2 rings (SSSR count). The highest BCUT2D eigenvalue weighted by molar-refractivity contribution is 5.80. The number of benzene rings is 2. The summed E-state index contributed by atoms with van der Waals surface area (Å²) in [6.07, 6.45) is 0. The molecule has 2 aromatic rings. The summed E-state index contributed by atoms with van der Waals surface area (Å²) in [5.74, 6) is -0.0479. The maximum Gasteiger partial charge on any atom is 0.313 e. The Labute approximate surface area is 136 Å². The molecule has 0 aliphatic rings. The van der Waals surface area contributed by atoms with Gasteiger partial charge in [0.1, 0.15) is 12.4 Å². The molecule has 0 atom stereocenters. The van der Waals surface area contributed by atoms with Gasteiger partial charge in [0.05, 0.1) is 12.0 Å². The van der Waals surface area contributed by atoms with Crippen LogP contribution in [0.5, 0.6) is 5.75 Å². The fraction of sp³-hybridized carbons (Fsp3) is 0.316. The van der Waals surface area contributed by atoms with E-state index in [0.29, 0.717) is 13.2 Å². The first-order valence-electron chi connectivity index (χ1n) is 7.51. The molecule has 23 heavy (non-hydrogen) atoms. The van der Waals surface area contributed by atoms with E-state index in [1.807, 2.05) is 48.5 Å². The Balaban J connectivity index is 2.19. The van der Waals surface area contributed by atoms with Gasteiger partial charge in [-0.15, -0.1) is 0 Å². The molecule has 0 heterocycles. The standard InChI is InChI=1S/C19H22O4/c1-19(2,18(20)21)16-9-7-14(8-10-16)15-5-4-6-17(13-15)23-12-11-22-3/h4-10,13H,11-12H2,1-3H3,(H,20,21). The fourth-order valence-electron chi connectivity index (χ4n) is 2.21. The summed E-state index contributed by atoms with van der Waals surface area (Å²) in [6, 6.07) is 15.4. The van der Waals surface area contributed by atoms with Gasteiger partial charge < -0.3 is 14.6 Å². The Kier molecular flexibility index (Phi) is 5.40. The van der Waals surface area contributed by atoms with Crippen molar-refractivity contribution in [1.82, 2.24) is 0 Å². The number of carboxylic acids is 1. The lowest BCUT2D eigenvalue weighted by atomic mass is 9.84. The van der Waals surface area contributed by atoms with Crippen molar-refractivity contribution in [2.45, 2.75) is 19.3 Å². The molecule has 0 fully saturated rings. The first-order chi connectivity index (χ1) is 10.9. The molecule has 0 radical (unpaired) electrons. The van der Waals surface area contributed by atoms with Crippen molar-refractivity contribution in [3.8, 4) is 16.9 Å². The van der Waals surface area contributed by atoms with E-state index < -0.39 is 11.4 Å². The number of carboxylic acid groups (broad SMARTS) is 1. The predicted octanol–water partition coefficient (Wildman–Crippen LogP) is 3.74. The second kappa shape index (κ2) is 7.29. The molecule has 122 valence electrons. The highest BCUT2D eigenvalue weighted by atomic mass is 16.5. The zero-order valence-electron chi connectivity index (χ0n) is 13.7. The Morgan fingerprint density at radius 3 is 2.35 bits per heavy atom. The van der Waals surface area contributed by atoms with Crippen LogP contribution in [0.1, 0.15) is 19.4 Å². The average Bonchev–Trinajstić information content (AvgIpc) is 2.55. The average molecular weight is 314 g/mol. The normalized spacial score (nSPS) is 11.3. The van der Waals surface area contributed by atoms with Crippen molar-refractivity contribution in [2.75, 3.05) is 20.3 Å². The van der Waals surface area contributed by atoms with Crippen molar-refractivity contribution in [3.05, 3.63) is 54.1 Å². The molecule has 0 saturated heterocycles. The van der Waals surface area contributed by atoms with Crippen LogP contribution in [-0.4, -0.2) is 31.4 Å². The first kappa shape index (κ1) is 17.0. The van der Waals surface area contributed by atoms with Crippen LogP contribution in [0, 0.1) is 0 Å². The molecule has 0 unspecified atom stereocenters. The van der Waals surface area contributed by atoms with E-state index in [1.54, 1.807) is 21.0 Å². The maximum atomic E-state index is 11.3. The van der Waals surface area contributed by atoms with Crippen molar-refractivity contribution in [2.24, 2.45) is 0 Å². The quantitative estimate of drug-likeness (QED) is 0.791. The molecule has 0 aromatic heterocycles. The van der Waals surface area contributed by atoms with Crippen molar-refractivity contribution in [1.29, 1.82) is 0 Å². The number of aliphatic carboxylic acids is 1. The Bertz CT molecular complexity index is 659. The number of ether oxygens (including phenoxy) is 2. The number of carbonyl (C=O) groups is 1. The monoisotopic (exact) mass is 314 g/mol. The SMILES string of the molecule is COCCOc1cccc(-c2ccc(C(C)(C)C(=O)O)cc2)c1. The highest BCUT2D eigenvalue weighted by Gasteiger charge is 2.29. The number of hydrogen-bond donors (Lipinski definition) is 1. The summed E-state index contributed by atoms with van der Waals surface area (Å²) < 4.78 is 10.6. The second-order valence-electron chi connectivity index (χ2n) is 5.88. The second-order valence-corrected chi connectivity index (χ2v) is 5.88. The molecule has 0 aliphatic carbocycles. The van der Waals surface area contributed by atoms with E-state index in [2.05, 4.69) is 0 Å². The third kappa shape index (κ3) is 4.11. The van der Waals surface area contributed by atoms with E-state index in [0.717, 1.165) is 22.4 Å². The topological polar surface area (TPSA) is 55.8 Å². The molecule has 4 nitrogen and oxygen atoms in total. The first-order valence-corrected chi connectivity index (χ1v) is 7.51. The van der Waals surface area contributed by atoms with Gasteiger partial charge in [-0.3, -0.25) is 4.79 Å². The minimum absolute atomic E-state index is 0.506. The zero-order chi connectivity index (χ0) is 16.9. The van der Waals surface area contributed by atoms with E-state index in [4.69, 9.17) is 9.47 Å². The molecule has 2 aromatic carbocycles. The molecule has 0 spiro atoms. The van der Waals surface area contributed by atoms with Crippen LogP contribution in [0.15, 0.2) is 48.5 Å². The Morgan fingerprint density at radius 1 is 1.04 bits per heavy atom. The molecular weight excluding hydrogens is 292 g/mol. The van der Waals surface area contributed by atoms with Gasteiger partial charge >= 0.3 is 5.97 Å². The molecule has 0 aliphatic heterocycles. The number of hydrogen-bond acceptors (Lipinski definition) is 3. The van der Waals surface area contributed by atoms with Crippen molar-refractivity contribution in [3.63, 3.8) is 0 Å². The van der Waals surface area contributed by atoms with Crippen LogP contribution in [0.2, 0.25) is 0 Å². The third-order valence-corrected chi connectivity index (χ3v) is 3.86. The summed E-state index contributed by atoms with van der Waals surface area (Å²) in [4.78, 5) is 11.3. The predicted molar refractivity (Wildman–Crippen MR) is 89.9 cm³/mol. The molecular formula is C19H22O4. The van der Waals surface area contributed by atoms with Crippen molar-refractivity contribution >= 4 is 5.97 Å². The smallest absolute Gasteiger partial charge is 0.313 e.